The fraction of sp³-hybridized carbons (Fsp3) is 0.227. The zero-order valence-corrected chi connectivity index (χ0v) is 17.7. The Morgan fingerprint density at radius 1 is 1.19 bits per heavy atom. The molecule has 1 heterocycles. The van der Waals surface area contributed by atoms with Gasteiger partial charge in [-0.3, -0.25) is 14.7 Å². The highest BCUT2D eigenvalue weighted by molar-refractivity contribution is 6.31. The summed E-state index contributed by atoms with van der Waals surface area (Å²) < 4.78 is 30.3. The second kappa shape index (κ2) is 9.79. The first kappa shape index (κ1) is 22.6. The fourth-order valence-electron chi connectivity index (χ4n) is 3.11. The molecule has 160 valence electrons. The summed E-state index contributed by atoms with van der Waals surface area (Å²) in [5, 5.41) is 11.7. The second-order valence-electron chi connectivity index (χ2n) is 7.00. The molecular weight excluding hydrogens is 424 g/mol. The van der Waals surface area contributed by atoms with E-state index in [4.69, 9.17) is 18.0 Å². The first-order valence-corrected chi connectivity index (χ1v) is 9.72. The lowest BCUT2D eigenvalue weighted by atomic mass is 10.00. The van der Waals surface area contributed by atoms with Crippen molar-refractivity contribution in [1.29, 1.82) is 0 Å². The number of benzene rings is 2. The molecule has 2 aromatic carbocycles. The monoisotopic (exact) mass is 443 g/mol. The molecule has 0 saturated carbocycles. The van der Waals surface area contributed by atoms with Crippen molar-refractivity contribution in [3.63, 3.8) is 0 Å². The van der Waals surface area contributed by atoms with Crippen LogP contribution in [0, 0.1) is 24.0 Å². The zero-order chi connectivity index (χ0) is 22.5. The molecule has 3 rings (SSSR count). The molecule has 0 atom stereocenters. The van der Waals surface area contributed by atoms with E-state index < -0.39 is 23.0 Å². The predicted molar refractivity (Wildman–Crippen MR) is 114 cm³/mol. The van der Waals surface area contributed by atoms with Crippen molar-refractivity contribution in [2.24, 2.45) is 0 Å². The molecule has 0 amide bonds. The minimum Gasteiger partial charge on any atom is -0.302 e. The summed E-state index contributed by atoms with van der Waals surface area (Å²) in [7, 11) is 3.72. The van der Waals surface area contributed by atoms with E-state index in [1.54, 1.807) is 16.7 Å². The molecule has 9 heteroatoms. The Hall–Kier alpha value is -3.12. The van der Waals surface area contributed by atoms with E-state index in [0.29, 0.717) is 30.4 Å². The number of nitrogens with zero attached hydrogens (tertiary/aromatic N) is 4. The third-order valence-corrected chi connectivity index (χ3v) is 4.63. The molecule has 3 aromatic rings. The summed E-state index contributed by atoms with van der Waals surface area (Å²) in [4.78, 5) is 15.1. The molecule has 6 nitrogen and oxygen atoms in total. The van der Waals surface area contributed by atoms with Gasteiger partial charge in [-0.1, -0.05) is 23.6 Å². The van der Waals surface area contributed by atoms with Gasteiger partial charge in [0.2, 0.25) is 5.78 Å². The Morgan fingerprint density at radius 3 is 2.52 bits per heavy atom. The number of hydrogen-bond acceptors (Lipinski definition) is 5. The molecule has 0 bridgehead atoms. The highest BCUT2D eigenvalue weighted by Gasteiger charge is 2.25. The van der Waals surface area contributed by atoms with Crippen molar-refractivity contribution in [3.05, 3.63) is 75.8 Å². The van der Waals surface area contributed by atoms with Crippen LogP contribution in [0.1, 0.15) is 27.6 Å². The van der Waals surface area contributed by atoms with Crippen molar-refractivity contribution >= 4 is 17.4 Å². The minimum absolute atomic E-state index is 0.0227. The fourth-order valence-corrected chi connectivity index (χ4v) is 3.28. The van der Waals surface area contributed by atoms with Crippen LogP contribution in [-0.4, -0.2) is 46.1 Å². The van der Waals surface area contributed by atoms with Gasteiger partial charge < -0.3 is 4.90 Å². The molecule has 0 saturated heterocycles. The first-order valence-electron chi connectivity index (χ1n) is 9.34. The van der Waals surface area contributed by atoms with E-state index in [-0.39, 0.29) is 17.1 Å². The molecule has 0 fully saturated rings. The lowest BCUT2D eigenvalue weighted by molar-refractivity contribution is 0.103. The quantitative estimate of drug-likeness (QED) is 0.329. The van der Waals surface area contributed by atoms with Crippen LogP contribution in [0.2, 0.25) is 5.02 Å². The maximum Gasteiger partial charge on any atom is 0.201 e. The van der Waals surface area contributed by atoms with Gasteiger partial charge in [0.05, 0.1) is 30.9 Å². The Balaban J connectivity index is 2.19. The second-order valence-corrected chi connectivity index (χ2v) is 7.44. The molecule has 31 heavy (non-hydrogen) atoms. The van der Waals surface area contributed by atoms with Gasteiger partial charge in [0, 0.05) is 10.6 Å². The van der Waals surface area contributed by atoms with Crippen LogP contribution in [0.4, 0.5) is 8.78 Å². The van der Waals surface area contributed by atoms with Gasteiger partial charge in [-0.15, -0.1) is 16.6 Å². The average Bonchev–Trinajstić information content (AvgIpc) is 3.09. The Bertz CT molecular complexity index is 1130. The summed E-state index contributed by atoms with van der Waals surface area (Å²) in [6.07, 6.45) is 5.29. The Labute approximate surface area is 183 Å². The number of carbonyl (C=O) groups is 1. The number of halogens is 3. The van der Waals surface area contributed by atoms with E-state index in [1.807, 2.05) is 19.0 Å². The number of rotatable bonds is 8. The van der Waals surface area contributed by atoms with Crippen LogP contribution in [-0.2, 0) is 13.1 Å². The van der Waals surface area contributed by atoms with Crippen LogP contribution >= 0.6 is 11.6 Å². The number of nitrogens with one attached hydrogen (secondary N) is 1. The van der Waals surface area contributed by atoms with Crippen LogP contribution in [0.3, 0.4) is 0 Å². The Kier molecular flexibility index (Phi) is 7.13. The summed E-state index contributed by atoms with van der Waals surface area (Å²) in [5.41, 5.74) is -0.272. The van der Waals surface area contributed by atoms with Crippen LogP contribution < -0.4 is 5.32 Å². The van der Waals surface area contributed by atoms with Gasteiger partial charge in [0.1, 0.15) is 11.6 Å². The largest absolute Gasteiger partial charge is 0.302 e. The summed E-state index contributed by atoms with van der Waals surface area (Å²) in [5.74, 6) is 0.752. The number of aromatic nitrogens is 3. The SMILES string of the molecule is C#CCNCc1nnc(CN(C)C)n1-c1ccc(Cl)cc1C(=O)c1c(F)cccc1F. The standard InChI is InChI=1S/C22H20ClF2N5O/c1-4-10-26-12-19-27-28-20(13-29(2)3)30(19)18-9-8-14(23)11-15(18)22(31)21-16(24)6-5-7-17(21)25/h1,5-9,11,26H,10,12-13H2,2-3H3. The Morgan fingerprint density at radius 2 is 1.87 bits per heavy atom. The highest BCUT2D eigenvalue weighted by Crippen LogP contribution is 2.27. The number of carbonyl (C=O) groups excluding carboxylic acids is 1. The average molecular weight is 444 g/mol. The molecule has 0 spiro atoms. The van der Waals surface area contributed by atoms with E-state index >= 15 is 0 Å². The molecule has 0 unspecified atom stereocenters. The summed E-state index contributed by atoms with van der Waals surface area (Å²) in [6.45, 7) is 0.990. The summed E-state index contributed by atoms with van der Waals surface area (Å²) >= 11 is 6.13. The van der Waals surface area contributed by atoms with E-state index in [2.05, 4.69) is 21.4 Å². The predicted octanol–water partition coefficient (Wildman–Crippen LogP) is 3.21. The molecule has 0 aliphatic heterocycles. The van der Waals surface area contributed by atoms with Gasteiger partial charge in [-0.05, 0) is 44.4 Å². The topological polar surface area (TPSA) is 63.1 Å². The molecule has 0 aliphatic rings. The molecular formula is C22H20ClF2N5O. The van der Waals surface area contributed by atoms with E-state index in [9.17, 15) is 13.6 Å². The van der Waals surface area contributed by atoms with Gasteiger partial charge in [0.25, 0.3) is 0 Å². The molecule has 0 aliphatic carbocycles. The third-order valence-electron chi connectivity index (χ3n) is 4.40. The molecule has 0 radical (unpaired) electrons. The van der Waals surface area contributed by atoms with Gasteiger partial charge in [-0.25, -0.2) is 8.78 Å². The van der Waals surface area contributed by atoms with Gasteiger partial charge in [-0.2, -0.15) is 0 Å². The van der Waals surface area contributed by atoms with E-state index in [1.165, 1.54) is 12.1 Å². The van der Waals surface area contributed by atoms with Gasteiger partial charge >= 0.3 is 0 Å². The lowest BCUT2D eigenvalue weighted by Gasteiger charge is -2.17. The van der Waals surface area contributed by atoms with Crippen LogP contribution in [0.5, 0.6) is 0 Å². The smallest absolute Gasteiger partial charge is 0.201 e. The highest BCUT2D eigenvalue weighted by atomic mass is 35.5. The lowest BCUT2D eigenvalue weighted by Crippen LogP contribution is -2.21. The molecule has 1 N–H and O–H groups in total. The maximum absolute atomic E-state index is 14.3. The summed E-state index contributed by atoms with van der Waals surface area (Å²) in [6, 6.07) is 7.83. The van der Waals surface area contributed by atoms with Crippen molar-refractivity contribution in [3.8, 4) is 18.0 Å². The number of ketones is 1. The minimum atomic E-state index is -0.955. The number of hydrogen-bond donors (Lipinski definition) is 1. The number of terminal acetylenes is 1. The van der Waals surface area contributed by atoms with Crippen molar-refractivity contribution in [1.82, 2.24) is 25.0 Å². The third kappa shape index (κ3) is 4.97. The van der Waals surface area contributed by atoms with Gasteiger partial charge in [0.15, 0.2) is 11.6 Å². The maximum atomic E-state index is 14.3. The molecule has 1 aromatic heterocycles. The van der Waals surface area contributed by atoms with Crippen LogP contribution in [0.15, 0.2) is 36.4 Å². The van der Waals surface area contributed by atoms with Crippen molar-refractivity contribution < 1.29 is 13.6 Å². The normalized spacial score (nSPS) is 11.0. The van der Waals surface area contributed by atoms with Crippen molar-refractivity contribution in [2.45, 2.75) is 13.1 Å². The van der Waals surface area contributed by atoms with Crippen molar-refractivity contribution in [2.75, 3.05) is 20.6 Å². The first-order chi connectivity index (χ1) is 14.8. The van der Waals surface area contributed by atoms with E-state index in [0.717, 1.165) is 12.1 Å². The zero-order valence-electron chi connectivity index (χ0n) is 17.0. The van der Waals surface area contributed by atoms with Crippen LogP contribution in [0.25, 0.3) is 5.69 Å².